The van der Waals surface area contributed by atoms with Crippen LogP contribution in [0.4, 0.5) is 5.00 Å². The van der Waals surface area contributed by atoms with Crippen molar-refractivity contribution in [2.75, 3.05) is 0 Å². The van der Waals surface area contributed by atoms with Gasteiger partial charge in [0.15, 0.2) is 0 Å². The van der Waals surface area contributed by atoms with Gasteiger partial charge in [0.25, 0.3) is 0 Å². The number of nitro groups is 1. The normalized spacial score (nSPS) is 12.3. The number of nitrogens with one attached hydrogen (secondary N) is 1. The number of aryl methyl sites for hydroxylation is 2. The number of rotatable bonds is 5. The van der Waals surface area contributed by atoms with Gasteiger partial charge in [0.05, 0.1) is 4.92 Å². The summed E-state index contributed by atoms with van der Waals surface area (Å²) in [5, 5.41) is 16.1. The molecule has 0 aliphatic carbocycles. The number of thiophene rings is 1. The average Bonchev–Trinajstić information content (AvgIpc) is 2.85. The van der Waals surface area contributed by atoms with E-state index < -0.39 is 0 Å². The molecule has 1 aromatic carbocycles. The topological polar surface area (TPSA) is 55.2 Å². The molecule has 1 heterocycles. The molecule has 5 heteroatoms. The summed E-state index contributed by atoms with van der Waals surface area (Å²) in [6.45, 7) is 6.94. The summed E-state index contributed by atoms with van der Waals surface area (Å²) in [7, 11) is 0. The van der Waals surface area contributed by atoms with Crippen LogP contribution < -0.4 is 5.32 Å². The zero-order valence-electron chi connectivity index (χ0n) is 11.8. The van der Waals surface area contributed by atoms with E-state index in [1.807, 2.05) is 5.38 Å². The minimum absolute atomic E-state index is 0.195. The number of hydrogen-bond acceptors (Lipinski definition) is 4. The lowest BCUT2D eigenvalue weighted by Gasteiger charge is -2.16. The quantitative estimate of drug-likeness (QED) is 0.665. The van der Waals surface area contributed by atoms with Crippen LogP contribution in [0.1, 0.15) is 35.2 Å². The van der Waals surface area contributed by atoms with Crippen molar-refractivity contribution >= 4 is 16.3 Å². The smallest absolute Gasteiger partial charge is 0.306 e. The number of benzene rings is 1. The van der Waals surface area contributed by atoms with Crippen molar-refractivity contribution in [1.82, 2.24) is 5.32 Å². The molecule has 0 aliphatic heterocycles. The SMILES string of the molecule is Cc1ccc(C(C)NCc2csc([N+](=O)[O-])c2)c(C)c1. The third kappa shape index (κ3) is 3.43. The summed E-state index contributed by atoms with van der Waals surface area (Å²) in [4.78, 5) is 10.3. The first-order valence-corrected chi connectivity index (χ1v) is 7.37. The molecule has 0 bridgehead atoms. The molecule has 0 aliphatic rings. The summed E-state index contributed by atoms with van der Waals surface area (Å²) < 4.78 is 0. The van der Waals surface area contributed by atoms with Crippen molar-refractivity contribution in [3.05, 3.63) is 62.0 Å². The van der Waals surface area contributed by atoms with Gasteiger partial charge >= 0.3 is 5.00 Å². The van der Waals surface area contributed by atoms with Crippen LogP contribution >= 0.6 is 11.3 Å². The molecule has 0 fully saturated rings. The second-order valence-electron chi connectivity index (χ2n) is 5.01. The molecule has 1 N–H and O–H groups in total. The monoisotopic (exact) mass is 290 g/mol. The maximum Gasteiger partial charge on any atom is 0.324 e. The molecule has 2 aromatic rings. The van der Waals surface area contributed by atoms with Crippen molar-refractivity contribution in [3.8, 4) is 0 Å². The molecule has 0 saturated carbocycles. The van der Waals surface area contributed by atoms with E-state index in [9.17, 15) is 10.1 Å². The van der Waals surface area contributed by atoms with Crippen LogP contribution in [0, 0.1) is 24.0 Å². The fourth-order valence-corrected chi connectivity index (χ4v) is 2.97. The minimum Gasteiger partial charge on any atom is -0.306 e. The fraction of sp³-hybridized carbons (Fsp3) is 0.333. The largest absolute Gasteiger partial charge is 0.324 e. The summed E-state index contributed by atoms with van der Waals surface area (Å²) in [6, 6.07) is 8.26. The highest BCUT2D eigenvalue weighted by atomic mass is 32.1. The Morgan fingerprint density at radius 2 is 2.10 bits per heavy atom. The van der Waals surface area contributed by atoms with Gasteiger partial charge in [-0.05, 0) is 37.5 Å². The summed E-state index contributed by atoms with van der Waals surface area (Å²) >= 11 is 1.17. The van der Waals surface area contributed by atoms with Crippen LogP contribution in [0.15, 0.2) is 29.6 Å². The van der Waals surface area contributed by atoms with E-state index in [1.165, 1.54) is 28.0 Å². The Balaban J connectivity index is 2.00. The standard InChI is InChI=1S/C15H18N2O2S/c1-10-4-5-14(11(2)6-10)12(3)16-8-13-7-15(17(18)19)20-9-13/h4-7,9,12,16H,8H2,1-3H3. The van der Waals surface area contributed by atoms with Crippen LogP contribution in [0.2, 0.25) is 0 Å². The molecule has 2 rings (SSSR count). The lowest BCUT2D eigenvalue weighted by Crippen LogP contribution is -2.18. The second kappa shape index (κ2) is 6.15. The Morgan fingerprint density at radius 1 is 1.35 bits per heavy atom. The third-order valence-corrected chi connectivity index (χ3v) is 4.25. The Labute approximate surface area is 122 Å². The van der Waals surface area contributed by atoms with E-state index in [2.05, 4.69) is 44.3 Å². The third-order valence-electron chi connectivity index (χ3n) is 3.32. The predicted molar refractivity (Wildman–Crippen MR) is 82.1 cm³/mol. The van der Waals surface area contributed by atoms with E-state index in [-0.39, 0.29) is 16.0 Å². The maximum atomic E-state index is 10.6. The van der Waals surface area contributed by atoms with Gasteiger partial charge in [-0.1, -0.05) is 35.1 Å². The molecule has 0 spiro atoms. The van der Waals surface area contributed by atoms with E-state index in [4.69, 9.17) is 0 Å². The van der Waals surface area contributed by atoms with Gasteiger partial charge in [0.2, 0.25) is 0 Å². The Bertz CT molecular complexity index is 622. The molecule has 1 aromatic heterocycles. The van der Waals surface area contributed by atoms with Crippen molar-refractivity contribution in [3.63, 3.8) is 0 Å². The molecule has 0 amide bonds. The van der Waals surface area contributed by atoms with Gasteiger partial charge in [-0.3, -0.25) is 10.1 Å². The highest BCUT2D eigenvalue weighted by Crippen LogP contribution is 2.24. The first-order chi connectivity index (χ1) is 9.47. The van der Waals surface area contributed by atoms with Crippen molar-refractivity contribution in [2.24, 2.45) is 0 Å². The zero-order chi connectivity index (χ0) is 14.7. The van der Waals surface area contributed by atoms with Gasteiger partial charge in [0.1, 0.15) is 0 Å². The molecule has 20 heavy (non-hydrogen) atoms. The first-order valence-electron chi connectivity index (χ1n) is 6.49. The Morgan fingerprint density at radius 3 is 2.70 bits per heavy atom. The molecule has 0 radical (unpaired) electrons. The second-order valence-corrected chi connectivity index (χ2v) is 5.90. The van der Waals surface area contributed by atoms with Gasteiger partial charge in [-0.2, -0.15) is 0 Å². The number of hydrogen-bond donors (Lipinski definition) is 1. The minimum atomic E-state index is -0.346. The molecular formula is C15H18N2O2S. The van der Waals surface area contributed by atoms with Crippen LogP contribution in [-0.4, -0.2) is 4.92 Å². The molecule has 0 saturated heterocycles. The lowest BCUT2D eigenvalue weighted by atomic mass is 10.0. The van der Waals surface area contributed by atoms with Crippen molar-refractivity contribution < 1.29 is 4.92 Å². The van der Waals surface area contributed by atoms with Crippen LogP contribution in [0.25, 0.3) is 0 Å². The van der Waals surface area contributed by atoms with Crippen LogP contribution in [0.5, 0.6) is 0 Å². The van der Waals surface area contributed by atoms with E-state index in [1.54, 1.807) is 6.07 Å². The maximum absolute atomic E-state index is 10.6. The molecule has 1 atom stereocenters. The van der Waals surface area contributed by atoms with Crippen LogP contribution in [-0.2, 0) is 6.54 Å². The van der Waals surface area contributed by atoms with E-state index >= 15 is 0 Å². The molecule has 106 valence electrons. The lowest BCUT2D eigenvalue weighted by molar-refractivity contribution is -0.380. The van der Waals surface area contributed by atoms with Crippen molar-refractivity contribution in [2.45, 2.75) is 33.4 Å². The summed E-state index contributed by atoms with van der Waals surface area (Å²) in [5.41, 5.74) is 4.74. The summed E-state index contributed by atoms with van der Waals surface area (Å²) in [6.07, 6.45) is 0. The van der Waals surface area contributed by atoms with Crippen LogP contribution in [0.3, 0.4) is 0 Å². The van der Waals surface area contributed by atoms with Crippen molar-refractivity contribution in [1.29, 1.82) is 0 Å². The molecule has 4 nitrogen and oxygen atoms in total. The van der Waals surface area contributed by atoms with Gasteiger partial charge < -0.3 is 5.32 Å². The molecule has 1 unspecified atom stereocenters. The van der Waals surface area contributed by atoms with E-state index in [0.717, 1.165) is 5.56 Å². The number of nitrogens with zero attached hydrogens (tertiary/aromatic N) is 1. The van der Waals surface area contributed by atoms with Gasteiger partial charge in [-0.15, -0.1) is 0 Å². The highest BCUT2D eigenvalue weighted by molar-refractivity contribution is 7.13. The fourth-order valence-electron chi connectivity index (χ4n) is 2.24. The molecular weight excluding hydrogens is 272 g/mol. The van der Waals surface area contributed by atoms with E-state index in [0.29, 0.717) is 6.54 Å². The van der Waals surface area contributed by atoms with Gasteiger partial charge in [0, 0.05) is 24.0 Å². The first kappa shape index (κ1) is 14.7. The Hall–Kier alpha value is -1.72. The highest BCUT2D eigenvalue weighted by Gasteiger charge is 2.12. The summed E-state index contributed by atoms with van der Waals surface area (Å²) in [5.74, 6) is 0. The van der Waals surface area contributed by atoms with Gasteiger partial charge in [-0.25, -0.2) is 0 Å². The Kier molecular flexibility index (Phi) is 4.52. The zero-order valence-corrected chi connectivity index (χ0v) is 12.7. The average molecular weight is 290 g/mol. The predicted octanol–water partition coefficient (Wildman–Crippen LogP) is 4.12.